The summed E-state index contributed by atoms with van der Waals surface area (Å²) < 4.78 is 12.7. The van der Waals surface area contributed by atoms with Crippen molar-refractivity contribution < 1.29 is 4.21 Å². The zero-order valence-corrected chi connectivity index (χ0v) is 28.9. The quantitative estimate of drug-likeness (QED) is 0.130. The predicted molar refractivity (Wildman–Crippen MR) is 185 cm³/mol. The van der Waals surface area contributed by atoms with Crippen molar-refractivity contribution in [1.29, 1.82) is 0 Å². The number of thiocarbonyl (C=S) groups is 3. The number of rotatable bonds is 12. The third kappa shape index (κ3) is 7.12. The van der Waals surface area contributed by atoms with Gasteiger partial charge in [-0.3, -0.25) is 4.21 Å². The van der Waals surface area contributed by atoms with E-state index in [1.807, 2.05) is 23.5 Å². The van der Waals surface area contributed by atoms with Crippen LogP contribution in [0.25, 0.3) is 0 Å². The lowest BCUT2D eigenvalue weighted by Gasteiger charge is -2.48. The highest BCUT2D eigenvalue weighted by molar-refractivity contribution is 8.03. The maximum Gasteiger partial charge on any atom is 0.108 e. The topological polar surface area (TPSA) is 23.6 Å². The zero-order valence-electron chi connectivity index (χ0n) is 23.1. The van der Waals surface area contributed by atoms with Crippen LogP contribution in [0, 0.1) is 11.8 Å². The lowest BCUT2D eigenvalue weighted by molar-refractivity contribution is 0.164. The maximum absolute atomic E-state index is 12.7. The molecule has 0 aromatic heterocycles. The van der Waals surface area contributed by atoms with Gasteiger partial charge in [0.2, 0.25) is 0 Å². The van der Waals surface area contributed by atoms with Crippen molar-refractivity contribution in [2.75, 3.05) is 23.0 Å². The van der Waals surface area contributed by atoms with E-state index in [2.05, 4.69) is 49.6 Å². The molecule has 0 N–H and O–H groups in total. The maximum atomic E-state index is 12.7. The Morgan fingerprint density at radius 2 is 1.47 bits per heavy atom. The fourth-order valence-corrected chi connectivity index (χ4v) is 12.6. The number of hydrogen-bond donors (Lipinski definition) is 1. The summed E-state index contributed by atoms with van der Waals surface area (Å²) >= 11 is 26.2. The normalized spacial score (nSPS) is 26.9. The lowest BCUT2D eigenvalue weighted by Crippen LogP contribution is -2.54. The second kappa shape index (κ2) is 13.2. The molecule has 0 aromatic rings. The molecule has 0 amide bonds. The first kappa shape index (κ1) is 31.5. The van der Waals surface area contributed by atoms with Crippen LogP contribution in [-0.4, -0.2) is 68.4 Å². The molecule has 10 heteroatoms. The Balaban J connectivity index is 1.15. The van der Waals surface area contributed by atoms with Gasteiger partial charge >= 0.3 is 0 Å². The zero-order chi connectivity index (χ0) is 27.7. The van der Waals surface area contributed by atoms with Gasteiger partial charge in [0.15, 0.2) is 0 Å². The summed E-state index contributed by atoms with van der Waals surface area (Å²) in [7, 11) is -0.765. The Bertz CT molecular complexity index is 1030. The second-order valence-electron chi connectivity index (χ2n) is 12.0. The van der Waals surface area contributed by atoms with E-state index in [0.29, 0.717) is 11.8 Å². The van der Waals surface area contributed by atoms with Crippen LogP contribution in [-0.2, 0) is 10.8 Å². The van der Waals surface area contributed by atoms with Crippen LogP contribution in [0.1, 0.15) is 79.1 Å². The van der Waals surface area contributed by atoms with Crippen molar-refractivity contribution in [3.8, 4) is 0 Å². The molecule has 0 saturated carbocycles. The van der Waals surface area contributed by atoms with E-state index in [1.165, 1.54) is 22.0 Å². The molecule has 38 heavy (non-hydrogen) atoms. The Hall–Kier alpha value is 0.550. The first-order valence-electron chi connectivity index (χ1n) is 13.9. The molecule has 2 saturated heterocycles. The molecule has 212 valence electrons. The van der Waals surface area contributed by atoms with Gasteiger partial charge in [-0.25, -0.2) is 0 Å². The van der Waals surface area contributed by atoms with Crippen molar-refractivity contribution in [1.82, 2.24) is 9.80 Å². The van der Waals surface area contributed by atoms with Gasteiger partial charge in [-0.2, -0.15) is 12.6 Å². The Morgan fingerprint density at radius 1 is 0.895 bits per heavy atom. The van der Waals surface area contributed by atoms with E-state index in [0.717, 1.165) is 77.2 Å². The predicted octanol–water partition coefficient (Wildman–Crippen LogP) is 7.78. The second-order valence-corrected chi connectivity index (χ2v) is 17.9. The SMILES string of the molecule is CC(C)(CCCCS(=O)CCCCC(C)(C)N1C(=S)C=C2SCCC2C1S)N1C(=S)C=C2SCCC2C1=S. The molecular formula is C28H42N2OS7. The third-order valence-electron chi connectivity index (χ3n) is 8.29. The minimum atomic E-state index is -0.765. The summed E-state index contributed by atoms with van der Waals surface area (Å²) in [5.41, 5.74) is -0.155. The molecule has 4 aliphatic heterocycles. The van der Waals surface area contributed by atoms with E-state index in [4.69, 9.17) is 49.3 Å². The molecule has 0 aliphatic carbocycles. The summed E-state index contributed by atoms with van der Waals surface area (Å²) in [5.74, 6) is 4.74. The van der Waals surface area contributed by atoms with Crippen molar-refractivity contribution >= 4 is 98.6 Å². The Morgan fingerprint density at radius 3 is 2.16 bits per heavy atom. The van der Waals surface area contributed by atoms with Crippen LogP contribution in [0.4, 0.5) is 0 Å². The van der Waals surface area contributed by atoms with E-state index in [-0.39, 0.29) is 16.5 Å². The van der Waals surface area contributed by atoms with E-state index >= 15 is 0 Å². The first-order chi connectivity index (χ1) is 17.9. The van der Waals surface area contributed by atoms with Crippen LogP contribution < -0.4 is 0 Å². The summed E-state index contributed by atoms with van der Waals surface area (Å²) in [6.45, 7) is 9.06. The third-order valence-corrected chi connectivity index (χ3v) is 13.8. The molecule has 4 heterocycles. The van der Waals surface area contributed by atoms with Gasteiger partial charge in [0, 0.05) is 45.2 Å². The van der Waals surface area contributed by atoms with Gasteiger partial charge < -0.3 is 9.80 Å². The summed E-state index contributed by atoms with van der Waals surface area (Å²) in [4.78, 5) is 10.1. The number of hydrogen-bond acceptors (Lipinski definition) is 7. The van der Waals surface area contributed by atoms with Crippen molar-refractivity contribution in [3.63, 3.8) is 0 Å². The summed E-state index contributed by atoms with van der Waals surface area (Å²) in [6, 6.07) is 0. The highest BCUT2D eigenvalue weighted by atomic mass is 32.2. The monoisotopic (exact) mass is 646 g/mol. The molecule has 4 rings (SSSR count). The standard InChI is InChI=1S/C28H42N2OS7/c1-27(2,29-23(32)17-21-19(25(29)34)9-13-36-21)11-5-7-15-38(31)16-8-6-12-28(3,4)30-24(33)18-22-20(26(30)35)10-14-37-22/h17-20,25,34H,5-16H2,1-4H3. The number of nitrogens with zero attached hydrogens (tertiary/aromatic N) is 2. The molecule has 0 spiro atoms. The number of thiol groups is 1. The lowest BCUT2D eigenvalue weighted by atomic mass is 9.91. The summed E-state index contributed by atoms with van der Waals surface area (Å²) in [5, 5.41) is 0.162. The molecule has 4 unspecified atom stereocenters. The van der Waals surface area contributed by atoms with Crippen molar-refractivity contribution in [2.45, 2.75) is 95.5 Å². The van der Waals surface area contributed by atoms with Crippen LogP contribution >= 0.6 is 72.8 Å². The number of unbranched alkanes of at least 4 members (excludes halogenated alkanes) is 2. The highest BCUT2D eigenvalue weighted by Crippen LogP contribution is 2.46. The highest BCUT2D eigenvalue weighted by Gasteiger charge is 2.42. The fourth-order valence-electron chi connectivity index (χ4n) is 6.10. The van der Waals surface area contributed by atoms with Gasteiger partial charge in [-0.05, 0) is 99.7 Å². The molecule has 4 atom stereocenters. The molecule has 2 fully saturated rings. The van der Waals surface area contributed by atoms with E-state index in [1.54, 1.807) is 0 Å². The molecule has 0 bridgehead atoms. The minimum absolute atomic E-state index is 0.0470. The average molecular weight is 647 g/mol. The van der Waals surface area contributed by atoms with Crippen LogP contribution in [0.5, 0.6) is 0 Å². The summed E-state index contributed by atoms with van der Waals surface area (Å²) in [6.07, 6.45) is 12.8. The smallest absolute Gasteiger partial charge is 0.108 e. The van der Waals surface area contributed by atoms with Crippen molar-refractivity contribution in [3.05, 3.63) is 22.0 Å². The molecule has 4 aliphatic rings. The van der Waals surface area contributed by atoms with E-state index in [9.17, 15) is 4.21 Å². The largest absolute Gasteiger partial charge is 0.345 e. The Kier molecular flexibility index (Phi) is 11.0. The first-order valence-corrected chi connectivity index (χ1v) is 19.1. The fraction of sp³-hybridized carbons (Fsp3) is 0.750. The molecule has 0 radical (unpaired) electrons. The van der Waals surface area contributed by atoms with Crippen LogP contribution in [0.3, 0.4) is 0 Å². The van der Waals surface area contributed by atoms with Crippen LogP contribution in [0.2, 0.25) is 0 Å². The van der Waals surface area contributed by atoms with Gasteiger partial charge in [-0.15, -0.1) is 23.5 Å². The van der Waals surface area contributed by atoms with Gasteiger partial charge in [-0.1, -0.05) is 49.5 Å². The minimum Gasteiger partial charge on any atom is -0.345 e. The van der Waals surface area contributed by atoms with E-state index < -0.39 is 10.8 Å². The average Bonchev–Trinajstić information content (AvgIpc) is 3.49. The van der Waals surface area contributed by atoms with Gasteiger partial charge in [0.05, 0.1) is 10.4 Å². The number of fused-ring (bicyclic) bond motifs is 2. The van der Waals surface area contributed by atoms with Gasteiger partial charge in [0.25, 0.3) is 0 Å². The molecule has 3 nitrogen and oxygen atoms in total. The number of thioether (sulfide) groups is 2. The molecular weight excluding hydrogens is 605 g/mol. The van der Waals surface area contributed by atoms with Crippen molar-refractivity contribution in [2.24, 2.45) is 11.8 Å². The van der Waals surface area contributed by atoms with Gasteiger partial charge in [0.1, 0.15) is 9.98 Å². The Labute approximate surface area is 263 Å². The van der Waals surface area contributed by atoms with Crippen LogP contribution in [0.15, 0.2) is 22.0 Å². The molecule has 0 aromatic carbocycles.